The van der Waals surface area contributed by atoms with Crippen molar-refractivity contribution in [2.75, 3.05) is 0 Å². The van der Waals surface area contributed by atoms with E-state index in [0.717, 1.165) is 44.6 Å². The summed E-state index contributed by atoms with van der Waals surface area (Å²) in [5, 5.41) is 2.52. The molecule has 8 aromatic carbocycles. The van der Waals surface area contributed by atoms with E-state index in [0.29, 0.717) is 17.5 Å². The molecule has 0 radical (unpaired) electrons. The Balaban J connectivity index is 1.03. The fraction of sp³-hybridized carbons (Fsp3) is 0.0377. The van der Waals surface area contributed by atoms with E-state index in [2.05, 4.69) is 206 Å². The Labute approximate surface area is 332 Å². The van der Waals surface area contributed by atoms with Gasteiger partial charge in [-0.1, -0.05) is 170 Å². The third kappa shape index (κ3) is 6.27. The molecule has 4 heteroatoms. The summed E-state index contributed by atoms with van der Waals surface area (Å²) in [6, 6.07) is 68.4. The second kappa shape index (κ2) is 14.3. The Kier molecular flexibility index (Phi) is 8.57. The first-order valence-electron chi connectivity index (χ1n) is 19.4. The first-order valence-corrected chi connectivity index (χ1v) is 19.4. The topological polar surface area (TPSA) is 43.6 Å². The van der Waals surface area contributed by atoms with Crippen molar-refractivity contribution in [1.29, 1.82) is 0 Å². The van der Waals surface area contributed by atoms with Crippen LogP contribution in [0.5, 0.6) is 0 Å². The number of rotatable bonds is 7. The summed E-state index contributed by atoms with van der Waals surface area (Å²) in [5.74, 6) is 1.93. The van der Waals surface area contributed by atoms with Crippen LogP contribution in [-0.4, -0.2) is 19.5 Å². The maximum Gasteiger partial charge on any atom is 0.164 e. The smallest absolute Gasteiger partial charge is 0.164 e. The molecule has 10 aromatic rings. The Morgan fingerprint density at radius 1 is 0.316 bits per heavy atom. The number of para-hydroxylation sites is 2. The minimum atomic E-state index is 0.635. The van der Waals surface area contributed by atoms with Crippen molar-refractivity contribution in [3.63, 3.8) is 0 Å². The van der Waals surface area contributed by atoms with Gasteiger partial charge in [0.15, 0.2) is 17.5 Å². The summed E-state index contributed by atoms with van der Waals surface area (Å²) in [7, 11) is 0. The highest BCUT2D eigenvalue weighted by atomic mass is 15.0. The molecular weight excluding hydrogens is 693 g/mol. The van der Waals surface area contributed by atoms with Crippen LogP contribution in [0.25, 0.3) is 95.0 Å². The zero-order valence-corrected chi connectivity index (χ0v) is 31.8. The van der Waals surface area contributed by atoms with Crippen LogP contribution in [0.1, 0.15) is 11.1 Å². The van der Waals surface area contributed by atoms with E-state index in [-0.39, 0.29) is 0 Å². The molecular formula is C53H38N4. The van der Waals surface area contributed by atoms with Gasteiger partial charge in [0.05, 0.1) is 11.0 Å². The van der Waals surface area contributed by atoms with E-state index >= 15 is 0 Å². The molecule has 2 heterocycles. The van der Waals surface area contributed by atoms with Crippen LogP contribution in [0.4, 0.5) is 0 Å². The van der Waals surface area contributed by atoms with Gasteiger partial charge in [0.1, 0.15) is 0 Å². The lowest BCUT2D eigenvalue weighted by Gasteiger charge is -2.14. The number of hydrogen-bond acceptors (Lipinski definition) is 3. The second-order valence-electron chi connectivity index (χ2n) is 14.5. The Morgan fingerprint density at radius 3 is 1.32 bits per heavy atom. The van der Waals surface area contributed by atoms with Crippen LogP contribution in [0.3, 0.4) is 0 Å². The van der Waals surface area contributed by atoms with Gasteiger partial charge < -0.3 is 4.57 Å². The van der Waals surface area contributed by atoms with E-state index in [1.54, 1.807) is 0 Å². The van der Waals surface area contributed by atoms with Gasteiger partial charge in [-0.25, -0.2) is 15.0 Å². The van der Waals surface area contributed by atoms with Crippen molar-refractivity contribution in [3.8, 4) is 73.2 Å². The van der Waals surface area contributed by atoms with Gasteiger partial charge in [-0.05, 0) is 82.6 Å². The number of aryl methyl sites for hydroxylation is 1. The molecule has 2 aromatic heterocycles. The average Bonchev–Trinajstić information content (AvgIpc) is 3.61. The van der Waals surface area contributed by atoms with Gasteiger partial charge >= 0.3 is 0 Å². The van der Waals surface area contributed by atoms with Crippen molar-refractivity contribution >= 4 is 21.8 Å². The third-order valence-corrected chi connectivity index (χ3v) is 11.1. The first kappa shape index (κ1) is 34.1. The van der Waals surface area contributed by atoms with Gasteiger partial charge in [-0.3, -0.25) is 0 Å². The van der Waals surface area contributed by atoms with Crippen molar-refractivity contribution in [1.82, 2.24) is 19.5 Å². The predicted octanol–water partition coefficient (Wildman–Crippen LogP) is 13.6. The molecule has 0 spiro atoms. The van der Waals surface area contributed by atoms with Gasteiger partial charge in [0.25, 0.3) is 0 Å². The molecule has 10 rings (SSSR count). The number of nitrogens with zero attached hydrogens (tertiary/aromatic N) is 4. The van der Waals surface area contributed by atoms with E-state index < -0.39 is 0 Å². The zero-order valence-electron chi connectivity index (χ0n) is 31.8. The van der Waals surface area contributed by atoms with Crippen LogP contribution in [-0.2, 0) is 0 Å². The second-order valence-corrected chi connectivity index (χ2v) is 14.5. The van der Waals surface area contributed by atoms with Crippen LogP contribution in [0, 0.1) is 13.8 Å². The molecule has 0 aliphatic heterocycles. The average molecular weight is 731 g/mol. The minimum Gasteiger partial charge on any atom is -0.309 e. The molecule has 0 aliphatic carbocycles. The van der Waals surface area contributed by atoms with Crippen molar-refractivity contribution in [2.24, 2.45) is 0 Å². The van der Waals surface area contributed by atoms with Crippen molar-refractivity contribution in [2.45, 2.75) is 13.8 Å². The molecule has 0 aliphatic rings. The molecule has 0 saturated heterocycles. The monoisotopic (exact) mass is 730 g/mol. The number of benzene rings is 8. The lowest BCUT2D eigenvalue weighted by atomic mass is 9.93. The van der Waals surface area contributed by atoms with Crippen LogP contribution in [0.2, 0.25) is 0 Å². The number of fused-ring (bicyclic) bond motifs is 3. The molecule has 0 unspecified atom stereocenters. The van der Waals surface area contributed by atoms with E-state index in [4.69, 9.17) is 15.0 Å². The predicted molar refractivity (Wildman–Crippen MR) is 236 cm³/mol. The Bertz CT molecular complexity index is 3000. The van der Waals surface area contributed by atoms with E-state index in [1.807, 2.05) is 6.07 Å². The van der Waals surface area contributed by atoms with Crippen molar-refractivity contribution < 1.29 is 0 Å². The fourth-order valence-electron chi connectivity index (χ4n) is 8.06. The van der Waals surface area contributed by atoms with E-state index in [1.165, 1.54) is 44.1 Å². The summed E-state index contributed by atoms with van der Waals surface area (Å²) in [4.78, 5) is 15.4. The quantitative estimate of drug-likeness (QED) is 0.164. The van der Waals surface area contributed by atoms with Crippen molar-refractivity contribution in [3.05, 3.63) is 205 Å². The summed E-state index contributed by atoms with van der Waals surface area (Å²) in [6.45, 7) is 4.32. The Hall–Kier alpha value is -7.43. The molecule has 4 nitrogen and oxygen atoms in total. The highest BCUT2D eigenvalue weighted by Gasteiger charge is 2.17. The molecule has 57 heavy (non-hydrogen) atoms. The minimum absolute atomic E-state index is 0.635. The summed E-state index contributed by atoms with van der Waals surface area (Å²) < 4.78 is 2.35. The Morgan fingerprint density at radius 2 is 0.737 bits per heavy atom. The number of aromatic nitrogens is 4. The SMILES string of the molecule is Cc1ccccc1-c1cccc(-c2nc(-c3ccc(-c4ccccc4)cc3)nc(-c3ccc(-c4ccc(-n5c6ccccc6c6ccccc65)cc4)cc3)n2)c1C. The normalized spacial score (nSPS) is 11.3. The molecule has 270 valence electrons. The summed E-state index contributed by atoms with van der Waals surface area (Å²) in [6.07, 6.45) is 0. The summed E-state index contributed by atoms with van der Waals surface area (Å²) >= 11 is 0. The first-order chi connectivity index (χ1) is 28.1. The lowest BCUT2D eigenvalue weighted by molar-refractivity contribution is 1.07. The largest absolute Gasteiger partial charge is 0.309 e. The van der Waals surface area contributed by atoms with Gasteiger partial charge in [-0.2, -0.15) is 0 Å². The highest BCUT2D eigenvalue weighted by molar-refractivity contribution is 6.09. The van der Waals surface area contributed by atoms with Crippen LogP contribution in [0.15, 0.2) is 194 Å². The van der Waals surface area contributed by atoms with Gasteiger partial charge in [-0.15, -0.1) is 0 Å². The highest BCUT2D eigenvalue weighted by Crippen LogP contribution is 2.36. The summed E-state index contributed by atoms with van der Waals surface area (Å²) in [5.41, 5.74) is 15.7. The standard InChI is InChI=1S/C53H38N4/c1-35-13-6-7-16-44(35)45-19-12-20-46(36(45)2)53-55-51(41-27-23-38(24-28-41)37-14-4-3-5-15-37)54-52(56-53)42-29-25-39(26-30-42)40-31-33-43(34-32-40)57-49-21-10-8-17-47(49)48-18-9-11-22-50(48)57/h3-34H,1-2H3. The number of hydrogen-bond donors (Lipinski definition) is 0. The van der Waals surface area contributed by atoms with Crippen LogP contribution >= 0.6 is 0 Å². The third-order valence-electron chi connectivity index (χ3n) is 11.1. The molecule has 0 atom stereocenters. The molecule has 0 N–H and O–H groups in total. The zero-order chi connectivity index (χ0) is 38.3. The van der Waals surface area contributed by atoms with Crippen LogP contribution < -0.4 is 0 Å². The lowest BCUT2D eigenvalue weighted by Crippen LogP contribution is -2.02. The van der Waals surface area contributed by atoms with Gasteiger partial charge in [0.2, 0.25) is 0 Å². The molecule has 0 bridgehead atoms. The molecule has 0 fully saturated rings. The molecule has 0 saturated carbocycles. The van der Waals surface area contributed by atoms with Gasteiger partial charge in [0, 0.05) is 33.2 Å². The fourth-order valence-corrected chi connectivity index (χ4v) is 8.06. The maximum absolute atomic E-state index is 5.15. The maximum atomic E-state index is 5.15. The van der Waals surface area contributed by atoms with E-state index in [9.17, 15) is 0 Å². The molecule has 0 amide bonds.